The Bertz CT molecular complexity index is 1530. The van der Waals surface area contributed by atoms with E-state index in [1.54, 1.807) is 0 Å². The van der Waals surface area contributed by atoms with Gasteiger partial charge in [0, 0.05) is 12.8 Å². The summed E-state index contributed by atoms with van der Waals surface area (Å²) in [6, 6.07) is 0. The van der Waals surface area contributed by atoms with E-state index < -0.39 is 75.7 Å². The van der Waals surface area contributed by atoms with Gasteiger partial charge in [-0.2, -0.15) is 0 Å². The Hall–Kier alpha value is -3.23. The van der Waals surface area contributed by atoms with Crippen LogP contribution in [0.3, 0.4) is 0 Å². The Labute approximate surface area is 402 Å². The molecule has 8 atom stereocenters. The number of phosphoric acid groups is 1. The number of aliphatic hydroxyl groups excluding tert-OH is 5. The lowest BCUT2D eigenvalue weighted by Gasteiger charge is -2.41. The van der Waals surface area contributed by atoms with Crippen LogP contribution in [0.5, 0.6) is 0 Å². The van der Waals surface area contributed by atoms with Gasteiger partial charge < -0.3 is 39.9 Å². The number of phosphoric ester groups is 1. The first-order valence-electron chi connectivity index (χ1n) is 25.0. The van der Waals surface area contributed by atoms with E-state index in [0.29, 0.717) is 19.3 Å². The number of esters is 2. The number of hydrogen-bond donors (Lipinski definition) is 6. The van der Waals surface area contributed by atoms with E-state index in [-0.39, 0.29) is 12.8 Å². The molecule has 0 radical (unpaired) electrons. The maximum Gasteiger partial charge on any atom is 0.472 e. The fraction of sp³-hybridized carbons (Fsp3) is 0.660. The first-order valence-corrected chi connectivity index (χ1v) is 26.5. The molecule has 6 N–H and O–H groups in total. The Kier molecular flexibility index (Phi) is 38.5. The quantitative estimate of drug-likeness (QED) is 0.0146. The van der Waals surface area contributed by atoms with E-state index in [2.05, 4.69) is 92.8 Å². The summed E-state index contributed by atoms with van der Waals surface area (Å²) >= 11 is 0. The maximum atomic E-state index is 12.8. The molecule has 1 aliphatic carbocycles. The lowest BCUT2D eigenvalue weighted by atomic mass is 9.85. The van der Waals surface area contributed by atoms with Gasteiger partial charge in [-0.05, 0) is 83.5 Å². The molecule has 0 bridgehead atoms. The molecule has 0 aliphatic heterocycles. The summed E-state index contributed by atoms with van der Waals surface area (Å²) in [4.78, 5) is 35.8. The van der Waals surface area contributed by atoms with Crippen molar-refractivity contribution in [3.8, 4) is 0 Å². The maximum absolute atomic E-state index is 12.8. The standard InChI is InChI=1S/C53H87O13P/c1-3-5-7-9-11-13-15-17-19-21-23-25-27-29-31-33-35-37-39-41-46(54)63-43-45(44-64-67(61,62)66-53-51(59)49(57)48(56)50(58)52(53)60)65-47(55)42-40-38-36-34-32-30-28-26-24-22-20-18-16-14-12-10-8-6-4-2/h6,8,11-14,17-20,24,26,30,32,36,38,45,48-53,56-60H,3-5,7,9-10,15-16,21-23,25,27-29,31,33-35,37,39-44H2,1-2H3,(H,61,62)/b8-6+,13-11+,14-12+,19-17+,20-18+,26-24+,32-30+,38-36+/t45-,48?,49-,50?,51?,52?,53?/m0/s1. The molecule has 1 saturated carbocycles. The summed E-state index contributed by atoms with van der Waals surface area (Å²) < 4.78 is 33.5. The van der Waals surface area contributed by atoms with Crippen LogP contribution >= 0.6 is 7.82 Å². The molecule has 1 rings (SSSR count). The predicted octanol–water partition coefficient (Wildman–Crippen LogP) is 10.6. The van der Waals surface area contributed by atoms with Gasteiger partial charge in [-0.3, -0.25) is 18.6 Å². The molecule has 13 nitrogen and oxygen atoms in total. The number of rotatable bonds is 40. The van der Waals surface area contributed by atoms with Crippen molar-refractivity contribution in [1.29, 1.82) is 0 Å². The zero-order valence-electron chi connectivity index (χ0n) is 40.7. The molecule has 382 valence electrons. The largest absolute Gasteiger partial charge is 0.472 e. The van der Waals surface area contributed by atoms with Crippen molar-refractivity contribution in [3.05, 3.63) is 97.2 Å². The molecular formula is C53H87O13P. The smallest absolute Gasteiger partial charge is 0.462 e. The van der Waals surface area contributed by atoms with Crippen LogP contribution in [-0.4, -0.2) is 98.3 Å². The molecule has 0 aromatic rings. The van der Waals surface area contributed by atoms with Gasteiger partial charge in [0.1, 0.15) is 43.2 Å². The molecule has 1 aliphatic rings. The minimum absolute atomic E-state index is 0.0346. The van der Waals surface area contributed by atoms with Gasteiger partial charge >= 0.3 is 19.8 Å². The number of allylic oxidation sites excluding steroid dienone is 16. The second kappa shape index (κ2) is 41.7. The van der Waals surface area contributed by atoms with Crippen molar-refractivity contribution in [2.45, 2.75) is 211 Å². The molecule has 0 saturated heterocycles. The first-order chi connectivity index (χ1) is 32.4. The van der Waals surface area contributed by atoms with Crippen LogP contribution in [0.25, 0.3) is 0 Å². The van der Waals surface area contributed by atoms with Crippen molar-refractivity contribution in [3.63, 3.8) is 0 Å². The average molecular weight is 963 g/mol. The topological polar surface area (TPSA) is 210 Å². The molecule has 0 aromatic carbocycles. The molecular weight excluding hydrogens is 876 g/mol. The van der Waals surface area contributed by atoms with Gasteiger partial charge in [0.25, 0.3) is 0 Å². The van der Waals surface area contributed by atoms with Gasteiger partial charge in [0.05, 0.1) is 6.61 Å². The second-order valence-corrected chi connectivity index (χ2v) is 18.3. The van der Waals surface area contributed by atoms with Crippen LogP contribution in [0.4, 0.5) is 0 Å². The third kappa shape index (κ3) is 33.8. The van der Waals surface area contributed by atoms with E-state index in [9.17, 15) is 44.6 Å². The number of unbranched alkanes of at least 4 members (excludes halogenated alkanes) is 12. The lowest BCUT2D eigenvalue weighted by Crippen LogP contribution is -2.64. The summed E-state index contributed by atoms with van der Waals surface area (Å²) in [5.41, 5.74) is 0. The molecule has 6 unspecified atom stereocenters. The molecule has 0 amide bonds. The Morgan fingerprint density at radius 1 is 0.478 bits per heavy atom. The van der Waals surface area contributed by atoms with Gasteiger partial charge in [0.15, 0.2) is 6.10 Å². The van der Waals surface area contributed by atoms with Crippen molar-refractivity contribution in [2.75, 3.05) is 13.2 Å². The first kappa shape index (κ1) is 61.8. The summed E-state index contributed by atoms with van der Waals surface area (Å²) in [6.07, 6.45) is 43.2. The summed E-state index contributed by atoms with van der Waals surface area (Å²) in [7, 11) is -5.15. The minimum Gasteiger partial charge on any atom is -0.462 e. The summed E-state index contributed by atoms with van der Waals surface area (Å²) in [6.45, 7) is 3.10. The molecule has 14 heteroatoms. The summed E-state index contributed by atoms with van der Waals surface area (Å²) in [5.74, 6) is -1.21. The van der Waals surface area contributed by atoms with Crippen LogP contribution in [0.1, 0.15) is 168 Å². The number of carbonyl (C=O) groups is 2. The van der Waals surface area contributed by atoms with Gasteiger partial charge in [-0.25, -0.2) is 4.57 Å². The zero-order valence-corrected chi connectivity index (χ0v) is 41.5. The number of aliphatic hydroxyl groups is 5. The Morgan fingerprint density at radius 3 is 1.36 bits per heavy atom. The highest BCUT2D eigenvalue weighted by Crippen LogP contribution is 2.47. The number of ether oxygens (including phenoxy) is 2. The third-order valence-electron chi connectivity index (χ3n) is 10.9. The summed E-state index contributed by atoms with van der Waals surface area (Å²) in [5, 5.41) is 50.2. The monoisotopic (exact) mass is 963 g/mol. The van der Waals surface area contributed by atoms with Crippen LogP contribution in [0, 0.1) is 0 Å². The van der Waals surface area contributed by atoms with E-state index in [4.69, 9.17) is 18.5 Å². The fourth-order valence-electron chi connectivity index (χ4n) is 6.93. The van der Waals surface area contributed by atoms with Crippen LogP contribution in [-0.2, 0) is 32.7 Å². The molecule has 0 heterocycles. The fourth-order valence-corrected chi connectivity index (χ4v) is 7.90. The SMILES string of the molecule is CC/C=C/C/C=C/C/C=C/C/C=C/C/C=C/C/C=C/CCC(=O)O[C@@H](COC(=O)CCCCCCCCCCC/C=C/C/C=C/CCCCC)COP(=O)(O)OC1C(O)C(O)C(O)[C@H](O)C1O. The third-order valence-corrected chi connectivity index (χ3v) is 11.9. The Morgan fingerprint density at radius 2 is 0.881 bits per heavy atom. The molecule has 67 heavy (non-hydrogen) atoms. The van der Waals surface area contributed by atoms with Crippen molar-refractivity contribution in [1.82, 2.24) is 0 Å². The van der Waals surface area contributed by atoms with Crippen molar-refractivity contribution < 1.29 is 63.1 Å². The highest BCUT2D eigenvalue weighted by atomic mass is 31.2. The number of carbonyl (C=O) groups excluding carboxylic acids is 2. The van der Waals surface area contributed by atoms with Crippen LogP contribution in [0.2, 0.25) is 0 Å². The second-order valence-electron chi connectivity index (χ2n) is 16.9. The van der Waals surface area contributed by atoms with Crippen molar-refractivity contribution >= 4 is 19.8 Å². The van der Waals surface area contributed by atoms with Gasteiger partial charge in [-0.1, -0.05) is 169 Å². The van der Waals surface area contributed by atoms with E-state index in [0.717, 1.165) is 70.6 Å². The Balaban J connectivity index is 2.48. The van der Waals surface area contributed by atoms with Crippen LogP contribution < -0.4 is 0 Å². The molecule has 0 aromatic heterocycles. The lowest BCUT2D eigenvalue weighted by molar-refractivity contribution is -0.220. The van der Waals surface area contributed by atoms with E-state index in [1.807, 2.05) is 18.2 Å². The minimum atomic E-state index is -5.15. The van der Waals surface area contributed by atoms with Crippen LogP contribution in [0.15, 0.2) is 97.2 Å². The van der Waals surface area contributed by atoms with Gasteiger partial charge in [0.2, 0.25) is 0 Å². The number of hydrogen-bond acceptors (Lipinski definition) is 12. The highest BCUT2D eigenvalue weighted by Gasteiger charge is 2.51. The highest BCUT2D eigenvalue weighted by molar-refractivity contribution is 7.47. The van der Waals surface area contributed by atoms with E-state index >= 15 is 0 Å². The normalized spacial score (nSPS) is 22.0. The average Bonchev–Trinajstić information content (AvgIpc) is 3.31. The van der Waals surface area contributed by atoms with Crippen molar-refractivity contribution in [2.24, 2.45) is 0 Å². The molecule has 0 spiro atoms. The predicted molar refractivity (Wildman–Crippen MR) is 267 cm³/mol. The molecule has 1 fully saturated rings. The van der Waals surface area contributed by atoms with Gasteiger partial charge in [-0.15, -0.1) is 0 Å². The zero-order chi connectivity index (χ0) is 49.2. The van der Waals surface area contributed by atoms with E-state index in [1.165, 1.54) is 51.4 Å².